The molecule has 4 atom stereocenters. The molecule has 1 fully saturated rings. The molecule has 0 amide bonds. The molecule has 0 saturated carbocycles. The van der Waals surface area contributed by atoms with E-state index in [1.165, 1.54) is 0 Å². The van der Waals surface area contributed by atoms with Crippen molar-refractivity contribution in [3.63, 3.8) is 0 Å². The van der Waals surface area contributed by atoms with E-state index in [-0.39, 0.29) is 12.7 Å². The van der Waals surface area contributed by atoms with Gasteiger partial charge in [-0.15, -0.1) is 0 Å². The highest BCUT2D eigenvalue weighted by Gasteiger charge is 2.39. The van der Waals surface area contributed by atoms with E-state index in [0.717, 1.165) is 0 Å². The van der Waals surface area contributed by atoms with Crippen LogP contribution in [0.1, 0.15) is 6.92 Å². The van der Waals surface area contributed by atoms with Crippen molar-refractivity contribution in [1.29, 1.82) is 0 Å². The third-order valence-corrected chi connectivity index (χ3v) is 1.78. The summed E-state index contributed by atoms with van der Waals surface area (Å²) in [5.41, 5.74) is 0. The van der Waals surface area contributed by atoms with Crippen LogP contribution >= 0.6 is 0 Å². The molecule has 1 saturated heterocycles. The predicted octanol–water partition coefficient (Wildman–Crippen LogP) is -1.51. The molecule has 4 nitrogen and oxygen atoms in total. The number of aliphatic hydroxyl groups excluding tert-OH is 3. The van der Waals surface area contributed by atoms with Crippen LogP contribution in [0.2, 0.25) is 0 Å². The predicted molar refractivity (Wildman–Crippen MR) is 33.4 cm³/mol. The quantitative estimate of drug-likeness (QED) is 0.422. The summed E-state index contributed by atoms with van der Waals surface area (Å²) >= 11 is 0. The van der Waals surface area contributed by atoms with Gasteiger partial charge >= 0.3 is 0 Å². The van der Waals surface area contributed by atoms with E-state index in [1.807, 2.05) is 0 Å². The lowest BCUT2D eigenvalue weighted by Gasteiger charge is -2.10. The second-order valence-corrected chi connectivity index (χ2v) is 2.54. The SMILES string of the molecule is CC1O[C@H](CO)C(O)C1O. The normalized spacial score (nSPS) is 48.0. The maximum atomic E-state index is 9.09. The molecule has 0 aromatic rings. The van der Waals surface area contributed by atoms with Gasteiger partial charge in [0.2, 0.25) is 0 Å². The molecule has 0 spiro atoms. The Balaban J connectivity index is 2.53. The van der Waals surface area contributed by atoms with Crippen molar-refractivity contribution in [3.8, 4) is 0 Å². The van der Waals surface area contributed by atoms with Gasteiger partial charge in [0.25, 0.3) is 0 Å². The van der Waals surface area contributed by atoms with Gasteiger partial charge in [0, 0.05) is 0 Å². The summed E-state index contributed by atoms with van der Waals surface area (Å²) in [6, 6.07) is 0. The molecule has 0 bridgehead atoms. The Morgan fingerprint density at radius 3 is 2.10 bits per heavy atom. The van der Waals surface area contributed by atoms with Crippen molar-refractivity contribution in [3.05, 3.63) is 0 Å². The molecular formula is C6H12O4. The Bertz CT molecular complexity index is 116. The fourth-order valence-corrected chi connectivity index (χ4v) is 1.09. The molecule has 60 valence electrons. The molecule has 0 aromatic heterocycles. The van der Waals surface area contributed by atoms with Crippen LogP contribution in [0, 0.1) is 0 Å². The van der Waals surface area contributed by atoms with E-state index in [1.54, 1.807) is 6.92 Å². The Hall–Kier alpha value is -0.160. The third kappa shape index (κ3) is 1.15. The first-order valence-electron chi connectivity index (χ1n) is 3.29. The standard InChI is InChI=1S/C6H12O4/c1-3-5(8)6(9)4(2-7)10-3/h3-9H,2H2,1H3/t3?,4-,5?,6?/m1/s1. The van der Waals surface area contributed by atoms with Crippen LogP contribution in [0.4, 0.5) is 0 Å². The molecule has 1 aliphatic rings. The number of aliphatic hydroxyl groups is 3. The maximum absolute atomic E-state index is 9.09. The van der Waals surface area contributed by atoms with Crippen LogP contribution in [0.5, 0.6) is 0 Å². The largest absolute Gasteiger partial charge is 0.394 e. The summed E-state index contributed by atoms with van der Waals surface area (Å²) in [6.45, 7) is 1.41. The first kappa shape index (κ1) is 7.94. The number of rotatable bonds is 1. The highest BCUT2D eigenvalue weighted by atomic mass is 16.5. The summed E-state index contributed by atoms with van der Waals surface area (Å²) in [6.07, 6.45) is -2.81. The van der Waals surface area contributed by atoms with Gasteiger partial charge < -0.3 is 20.1 Å². The van der Waals surface area contributed by atoms with E-state index < -0.39 is 18.3 Å². The summed E-state index contributed by atoms with van der Waals surface area (Å²) in [4.78, 5) is 0. The van der Waals surface area contributed by atoms with Crippen molar-refractivity contribution in [2.45, 2.75) is 31.3 Å². The lowest BCUT2D eigenvalue weighted by molar-refractivity contribution is -0.0171. The zero-order valence-electron chi connectivity index (χ0n) is 5.77. The number of hydrogen-bond acceptors (Lipinski definition) is 4. The van der Waals surface area contributed by atoms with Crippen LogP contribution in [-0.4, -0.2) is 46.3 Å². The van der Waals surface area contributed by atoms with Gasteiger partial charge in [-0.2, -0.15) is 0 Å². The second kappa shape index (κ2) is 2.84. The number of hydrogen-bond donors (Lipinski definition) is 3. The summed E-state index contributed by atoms with van der Waals surface area (Å²) in [7, 11) is 0. The second-order valence-electron chi connectivity index (χ2n) is 2.54. The van der Waals surface area contributed by atoms with Crippen LogP contribution < -0.4 is 0 Å². The fraction of sp³-hybridized carbons (Fsp3) is 1.00. The highest BCUT2D eigenvalue weighted by Crippen LogP contribution is 2.19. The first-order valence-corrected chi connectivity index (χ1v) is 3.29. The van der Waals surface area contributed by atoms with E-state index in [4.69, 9.17) is 20.1 Å². The van der Waals surface area contributed by atoms with Crippen LogP contribution in [-0.2, 0) is 4.74 Å². The zero-order valence-corrected chi connectivity index (χ0v) is 5.77. The Morgan fingerprint density at radius 1 is 1.30 bits per heavy atom. The Kier molecular flexibility index (Phi) is 2.25. The highest BCUT2D eigenvalue weighted by molar-refractivity contribution is 4.87. The van der Waals surface area contributed by atoms with Crippen molar-refractivity contribution in [1.82, 2.24) is 0 Å². The van der Waals surface area contributed by atoms with Crippen molar-refractivity contribution < 1.29 is 20.1 Å². The van der Waals surface area contributed by atoms with E-state index in [9.17, 15) is 0 Å². The zero-order chi connectivity index (χ0) is 7.72. The van der Waals surface area contributed by atoms with E-state index in [2.05, 4.69) is 0 Å². The summed E-state index contributed by atoms with van der Waals surface area (Å²) < 4.78 is 4.98. The van der Waals surface area contributed by atoms with Gasteiger partial charge in [-0.25, -0.2) is 0 Å². The van der Waals surface area contributed by atoms with E-state index in [0.29, 0.717) is 0 Å². The van der Waals surface area contributed by atoms with Crippen LogP contribution in [0.3, 0.4) is 0 Å². The van der Waals surface area contributed by atoms with Gasteiger partial charge in [0.15, 0.2) is 0 Å². The van der Waals surface area contributed by atoms with Crippen molar-refractivity contribution >= 4 is 0 Å². The Labute approximate surface area is 59.1 Å². The fourth-order valence-electron chi connectivity index (χ4n) is 1.09. The summed E-state index contributed by atoms with van der Waals surface area (Å²) in [5.74, 6) is 0. The minimum absolute atomic E-state index is 0.247. The van der Waals surface area contributed by atoms with Gasteiger partial charge in [-0.3, -0.25) is 0 Å². The topological polar surface area (TPSA) is 69.9 Å². The van der Waals surface area contributed by atoms with Gasteiger partial charge in [-0.1, -0.05) is 0 Å². The van der Waals surface area contributed by atoms with Crippen molar-refractivity contribution in [2.24, 2.45) is 0 Å². The van der Waals surface area contributed by atoms with Crippen molar-refractivity contribution in [2.75, 3.05) is 6.61 Å². The average Bonchev–Trinajstić information content (AvgIpc) is 2.17. The number of ether oxygens (including phenoxy) is 1. The molecule has 3 unspecified atom stereocenters. The molecule has 4 heteroatoms. The minimum atomic E-state index is -0.944. The van der Waals surface area contributed by atoms with Gasteiger partial charge in [0.05, 0.1) is 12.7 Å². The maximum Gasteiger partial charge on any atom is 0.111 e. The molecule has 0 aliphatic carbocycles. The Morgan fingerprint density at radius 2 is 1.90 bits per heavy atom. The van der Waals surface area contributed by atoms with Crippen LogP contribution in [0.15, 0.2) is 0 Å². The third-order valence-electron chi connectivity index (χ3n) is 1.78. The minimum Gasteiger partial charge on any atom is -0.394 e. The first-order chi connectivity index (χ1) is 4.66. The molecule has 0 radical (unpaired) electrons. The van der Waals surface area contributed by atoms with Gasteiger partial charge in [-0.05, 0) is 6.92 Å². The molecule has 1 rings (SSSR count). The molecule has 0 aromatic carbocycles. The molecular weight excluding hydrogens is 136 g/mol. The molecule has 1 heterocycles. The molecule has 10 heavy (non-hydrogen) atoms. The molecule has 1 aliphatic heterocycles. The smallest absolute Gasteiger partial charge is 0.111 e. The van der Waals surface area contributed by atoms with Crippen LogP contribution in [0.25, 0.3) is 0 Å². The monoisotopic (exact) mass is 148 g/mol. The van der Waals surface area contributed by atoms with E-state index >= 15 is 0 Å². The summed E-state index contributed by atoms with van der Waals surface area (Å²) in [5, 5.41) is 26.8. The lowest BCUT2D eigenvalue weighted by atomic mass is 10.1. The molecule has 3 N–H and O–H groups in total. The lowest BCUT2D eigenvalue weighted by Crippen LogP contribution is -2.33. The van der Waals surface area contributed by atoms with Gasteiger partial charge in [0.1, 0.15) is 18.3 Å². The average molecular weight is 148 g/mol.